The van der Waals surface area contributed by atoms with Gasteiger partial charge in [0.05, 0.1) is 16.6 Å². The summed E-state index contributed by atoms with van der Waals surface area (Å²) in [7, 11) is -3.95. The fourth-order valence-corrected chi connectivity index (χ4v) is 7.57. The number of rotatable bonds is 5. The average Bonchev–Trinajstić information content (AvgIpc) is 3.38. The number of benzene rings is 1. The Balaban J connectivity index is 1.37. The molecule has 1 atom stereocenters. The molecule has 2 aliphatic heterocycles. The summed E-state index contributed by atoms with van der Waals surface area (Å²) in [6.45, 7) is 4.48. The van der Waals surface area contributed by atoms with Gasteiger partial charge in [-0.1, -0.05) is 23.7 Å². The first-order chi connectivity index (χ1) is 17.8. The molecule has 4 heterocycles. The van der Waals surface area contributed by atoms with Gasteiger partial charge in [0.1, 0.15) is 16.8 Å². The summed E-state index contributed by atoms with van der Waals surface area (Å²) in [6, 6.07) is 13.8. The second kappa shape index (κ2) is 10.2. The zero-order valence-corrected chi connectivity index (χ0v) is 22.0. The molecule has 1 unspecified atom stereocenters. The fraction of sp³-hybridized carbons (Fsp3) is 0.346. The maximum Gasteiger partial charge on any atom is 0.245 e. The van der Waals surface area contributed by atoms with Crippen LogP contribution in [0.5, 0.6) is 0 Å². The maximum absolute atomic E-state index is 13.9. The van der Waals surface area contributed by atoms with Crippen molar-refractivity contribution >= 4 is 33.3 Å². The molecule has 192 valence electrons. The second-order valence-corrected chi connectivity index (χ2v) is 11.4. The minimum atomic E-state index is -3.95. The Kier molecular flexibility index (Phi) is 6.94. The minimum absolute atomic E-state index is 0.0276. The number of nitrogens with zero attached hydrogens (tertiary/aromatic N) is 6. The number of sulfonamides is 1. The predicted octanol–water partition coefficient (Wildman–Crippen LogP) is 3.20. The highest BCUT2D eigenvalue weighted by atomic mass is 35.5. The Morgan fingerprint density at radius 1 is 1.08 bits per heavy atom. The number of carbonyl (C=O) groups excluding carboxylic acids is 1. The Morgan fingerprint density at radius 3 is 2.59 bits per heavy atom. The Morgan fingerprint density at radius 2 is 1.86 bits per heavy atom. The van der Waals surface area contributed by atoms with Crippen LogP contribution in [0.2, 0.25) is 5.02 Å². The molecule has 0 aliphatic carbocycles. The number of nitriles is 1. The lowest BCUT2D eigenvalue weighted by Gasteiger charge is -2.39. The summed E-state index contributed by atoms with van der Waals surface area (Å²) in [5.41, 5.74) is 1.86. The van der Waals surface area contributed by atoms with Crippen molar-refractivity contribution < 1.29 is 13.2 Å². The van der Waals surface area contributed by atoms with Crippen molar-refractivity contribution in [1.82, 2.24) is 18.8 Å². The SMILES string of the molecule is Cc1cccc(Cl)c1S(=O)(=O)N1CCn2cccc2C1CC(=O)N1CCN(c2ncccc2C#N)CC1. The number of piperazine rings is 1. The Bertz CT molecular complexity index is 1450. The van der Waals surface area contributed by atoms with Crippen LogP contribution < -0.4 is 4.90 Å². The van der Waals surface area contributed by atoms with Crippen LogP contribution in [0.25, 0.3) is 0 Å². The number of aryl methyl sites for hydroxylation is 1. The van der Waals surface area contributed by atoms with Crippen molar-refractivity contribution in [3.05, 3.63) is 76.7 Å². The first kappa shape index (κ1) is 25.3. The zero-order chi connectivity index (χ0) is 26.2. The lowest BCUT2D eigenvalue weighted by Crippen LogP contribution is -2.50. The molecule has 37 heavy (non-hydrogen) atoms. The minimum Gasteiger partial charge on any atom is -0.352 e. The standard InChI is InChI=1S/C26H27ClN6O3S/c1-19-5-2-7-21(27)25(19)37(35,36)33-16-15-30-10-4-8-22(30)23(33)17-24(34)31-11-13-32(14-12-31)26-20(18-28)6-3-9-29-26/h2-10,23H,11-17H2,1H3. The molecule has 11 heteroatoms. The van der Waals surface area contributed by atoms with Gasteiger partial charge in [-0.25, -0.2) is 13.4 Å². The number of pyridine rings is 1. The highest BCUT2D eigenvalue weighted by Crippen LogP contribution is 2.37. The molecule has 0 N–H and O–H groups in total. The van der Waals surface area contributed by atoms with E-state index in [4.69, 9.17) is 11.6 Å². The second-order valence-electron chi connectivity index (χ2n) is 9.20. The van der Waals surface area contributed by atoms with Crippen molar-refractivity contribution in [3.8, 4) is 6.07 Å². The molecule has 0 bridgehead atoms. The van der Waals surface area contributed by atoms with Gasteiger partial charge in [-0.3, -0.25) is 4.79 Å². The third-order valence-corrected chi connectivity index (χ3v) is 9.59. The Labute approximate surface area is 221 Å². The highest BCUT2D eigenvalue weighted by Gasteiger charge is 2.40. The molecular formula is C26H27ClN6O3S. The quantitative estimate of drug-likeness (QED) is 0.494. The molecule has 0 saturated carbocycles. The van der Waals surface area contributed by atoms with E-state index in [0.29, 0.717) is 49.7 Å². The number of halogens is 1. The van der Waals surface area contributed by atoms with Gasteiger partial charge in [-0.2, -0.15) is 9.57 Å². The van der Waals surface area contributed by atoms with E-state index < -0.39 is 16.1 Å². The van der Waals surface area contributed by atoms with Crippen molar-refractivity contribution in [2.24, 2.45) is 0 Å². The van der Waals surface area contributed by atoms with Crippen molar-refractivity contribution in [2.75, 3.05) is 37.6 Å². The van der Waals surface area contributed by atoms with Crippen LogP contribution in [0.3, 0.4) is 0 Å². The molecule has 0 spiro atoms. The molecule has 1 amide bonds. The highest BCUT2D eigenvalue weighted by molar-refractivity contribution is 7.89. The molecule has 1 saturated heterocycles. The van der Waals surface area contributed by atoms with E-state index in [1.165, 1.54) is 4.31 Å². The van der Waals surface area contributed by atoms with E-state index in [9.17, 15) is 18.5 Å². The van der Waals surface area contributed by atoms with Gasteiger partial charge in [-0.15, -0.1) is 0 Å². The third kappa shape index (κ3) is 4.70. The van der Waals surface area contributed by atoms with Crippen LogP contribution >= 0.6 is 11.6 Å². The molecule has 3 aromatic rings. The number of hydrogen-bond donors (Lipinski definition) is 0. The van der Waals surface area contributed by atoms with E-state index in [2.05, 4.69) is 11.1 Å². The molecule has 9 nitrogen and oxygen atoms in total. The molecule has 2 aromatic heterocycles. The topological polar surface area (TPSA) is 103 Å². The van der Waals surface area contributed by atoms with Gasteiger partial charge >= 0.3 is 0 Å². The molecule has 1 aromatic carbocycles. The largest absolute Gasteiger partial charge is 0.352 e. The molecule has 5 rings (SSSR count). The molecule has 2 aliphatic rings. The normalized spacial score (nSPS) is 18.4. The maximum atomic E-state index is 13.9. The number of carbonyl (C=O) groups is 1. The summed E-state index contributed by atoms with van der Waals surface area (Å²) in [4.78, 5) is 21.7. The third-order valence-electron chi connectivity index (χ3n) is 7.05. The monoisotopic (exact) mass is 538 g/mol. The number of hydrogen-bond acceptors (Lipinski definition) is 6. The fourth-order valence-electron chi connectivity index (χ4n) is 5.20. The van der Waals surface area contributed by atoms with Crippen LogP contribution in [-0.2, 0) is 21.4 Å². The van der Waals surface area contributed by atoms with Crippen molar-refractivity contribution in [1.29, 1.82) is 5.26 Å². The predicted molar refractivity (Wildman–Crippen MR) is 140 cm³/mol. The average molecular weight is 539 g/mol. The van der Waals surface area contributed by atoms with Gasteiger partial charge in [0.25, 0.3) is 0 Å². The first-order valence-electron chi connectivity index (χ1n) is 12.1. The molecule has 1 fully saturated rings. The number of anilines is 1. The summed E-state index contributed by atoms with van der Waals surface area (Å²) in [5.74, 6) is 0.506. The van der Waals surface area contributed by atoms with E-state index in [1.54, 1.807) is 48.4 Å². The van der Waals surface area contributed by atoms with Gasteiger partial charge in [0.15, 0.2) is 0 Å². The van der Waals surface area contributed by atoms with Crippen LogP contribution in [0.15, 0.2) is 59.8 Å². The smallest absolute Gasteiger partial charge is 0.245 e. The van der Waals surface area contributed by atoms with Gasteiger partial charge < -0.3 is 14.4 Å². The lowest BCUT2D eigenvalue weighted by molar-refractivity contribution is -0.132. The van der Waals surface area contributed by atoms with E-state index in [1.807, 2.05) is 27.8 Å². The summed E-state index contributed by atoms with van der Waals surface area (Å²) in [5, 5.41) is 9.57. The number of fused-ring (bicyclic) bond motifs is 1. The van der Waals surface area contributed by atoms with Crippen molar-refractivity contribution in [3.63, 3.8) is 0 Å². The zero-order valence-electron chi connectivity index (χ0n) is 20.4. The summed E-state index contributed by atoms with van der Waals surface area (Å²) >= 11 is 6.36. The van der Waals surface area contributed by atoms with Gasteiger partial charge in [0, 0.05) is 63.8 Å². The number of amides is 1. The van der Waals surface area contributed by atoms with Crippen LogP contribution in [0, 0.1) is 18.3 Å². The van der Waals surface area contributed by atoms with E-state index >= 15 is 0 Å². The van der Waals surface area contributed by atoms with Crippen LogP contribution in [0.4, 0.5) is 5.82 Å². The lowest BCUT2D eigenvalue weighted by atomic mass is 10.1. The summed E-state index contributed by atoms with van der Waals surface area (Å²) in [6.07, 6.45) is 3.59. The Hall–Kier alpha value is -3.39. The summed E-state index contributed by atoms with van der Waals surface area (Å²) < 4.78 is 31.1. The van der Waals surface area contributed by atoms with Crippen LogP contribution in [0.1, 0.15) is 29.3 Å². The van der Waals surface area contributed by atoms with E-state index in [0.717, 1.165) is 5.69 Å². The van der Waals surface area contributed by atoms with E-state index in [-0.39, 0.29) is 28.8 Å². The molecule has 0 radical (unpaired) electrons. The van der Waals surface area contributed by atoms with Gasteiger partial charge in [-0.05, 0) is 42.8 Å². The molecular weight excluding hydrogens is 512 g/mol. The van der Waals surface area contributed by atoms with Gasteiger partial charge in [0.2, 0.25) is 15.9 Å². The van der Waals surface area contributed by atoms with Crippen LogP contribution in [-0.4, -0.2) is 65.8 Å². The number of aromatic nitrogens is 2. The van der Waals surface area contributed by atoms with Crippen molar-refractivity contribution in [2.45, 2.75) is 30.8 Å². The first-order valence-corrected chi connectivity index (χ1v) is 13.9.